The van der Waals surface area contributed by atoms with Crippen molar-refractivity contribution >= 4 is 34.8 Å². The minimum atomic E-state index is -1.09. The van der Waals surface area contributed by atoms with Gasteiger partial charge < -0.3 is 5.11 Å². The van der Waals surface area contributed by atoms with Crippen LogP contribution in [0, 0.1) is 0 Å². The number of carbonyl (C=O) groups is 1. The number of hydrogen-bond acceptors (Lipinski definition) is 3. The monoisotopic (exact) mass is 299 g/mol. The number of rotatable bonds is 2. The van der Waals surface area contributed by atoms with Crippen molar-refractivity contribution in [2.45, 2.75) is 31.6 Å². The Bertz CT molecular complexity index is 663. The summed E-state index contributed by atoms with van der Waals surface area (Å²) < 4.78 is 1.35. The number of fused-ring (bicyclic) bond motifs is 1. The lowest BCUT2D eigenvalue weighted by atomic mass is 10.0. The lowest BCUT2D eigenvalue weighted by Crippen LogP contribution is -2.05. The van der Waals surface area contributed by atoms with Gasteiger partial charge in [-0.1, -0.05) is 36.0 Å². The van der Waals surface area contributed by atoms with E-state index < -0.39 is 5.97 Å². The molecule has 0 bridgehead atoms. The van der Waals surface area contributed by atoms with E-state index in [9.17, 15) is 4.79 Å². The van der Waals surface area contributed by atoms with Crippen molar-refractivity contribution < 1.29 is 9.90 Å². The first-order valence-corrected chi connectivity index (χ1v) is 6.81. The summed E-state index contributed by atoms with van der Waals surface area (Å²) in [6, 6.07) is 0. The molecule has 0 unspecified atom stereocenters. The molecule has 2 heterocycles. The molecule has 1 fully saturated rings. The number of halogens is 2. The van der Waals surface area contributed by atoms with Crippen molar-refractivity contribution in [3.8, 4) is 0 Å². The van der Waals surface area contributed by atoms with Gasteiger partial charge in [-0.15, -0.1) is 0 Å². The summed E-state index contributed by atoms with van der Waals surface area (Å²) in [5.41, 5.74) is 0.972. The van der Waals surface area contributed by atoms with Crippen molar-refractivity contribution in [2.24, 2.45) is 0 Å². The van der Waals surface area contributed by atoms with E-state index in [2.05, 4.69) is 10.1 Å². The van der Waals surface area contributed by atoms with Crippen LogP contribution in [0.25, 0.3) is 5.65 Å². The van der Waals surface area contributed by atoms with Crippen molar-refractivity contribution in [1.82, 2.24) is 14.6 Å². The average molecular weight is 300 g/mol. The molecule has 3 rings (SSSR count). The van der Waals surface area contributed by atoms with Crippen LogP contribution in [0.5, 0.6) is 0 Å². The Balaban J connectivity index is 2.23. The van der Waals surface area contributed by atoms with Crippen LogP contribution in [0.15, 0.2) is 6.20 Å². The van der Waals surface area contributed by atoms with Gasteiger partial charge in [0.2, 0.25) is 0 Å². The number of hydrogen-bond donors (Lipinski definition) is 1. The fraction of sp³-hybridized carbons (Fsp3) is 0.417. The number of nitrogens with zero attached hydrogens (tertiary/aromatic N) is 3. The highest BCUT2D eigenvalue weighted by Gasteiger charge is 2.26. The van der Waals surface area contributed by atoms with Crippen molar-refractivity contribution in [2.75, 3.05) is 0 Å². The van der Waals surface area contributed by atoms with Gasteiger partial charge >= 0.3 is 5.97 Å². The van der Waals surface area contributed by atoms with Crippen LogP contribution in [0.3, 0.4) is 0 Å². The Hall–Kier alpha value is -1.33. The molecule has 100 valence electrons. The first-order valence-electron chi connectivity index (χ1n) is 6.05. The second-order valence-electron chi connectivity index (χ2n) is 4.69. The molecule has 5 nitrogen and oxygen atoms in total. The van der Waals surface area contributed by atoms with Gasteiger partial charge in [-0.25, -0.2) is 14.3 Å². The van der Waals surface area contributed by atoms with Gasteiger partial charge in [0.15, 0.2) is 5.65 Å². The van der Waals surface area contributed by atoms with Crippen LogP contribution in [-0.4, -0.2) is 25.7 Å². The number of aromatic carboxylic acids is 1. The highest BCUT2D eigenvalue weighted by Crippen LogP contribution is 2.40. The van der Waals surface area contributed by atoms with Crippen molar-refractivity contribution in [3.05, 3.63) is 27.6 Å². The molecule has 1 aliphatic rings. The summed E-state index contributed by atoms with van der Waals surface area (Å²) in [6.45, 7) is 0. The van der Waals surface area contributed by atoms with Crippen LogP contribution in [0.4, 0.5) is 0 Å². The first-order chi connectivity index (χ1) is 9.09. The second kappa shape index (κ2) is 4.65. The maximum Gasteiger partial charge on any atom is 0.341 e. The maximum absolute atomic E-state index is 11.1. The molecule has 0 spiro atoms. The third-order valence-electron chi connectivity index (χ3n) is 3.57. The molecule has 19 heavy (non-hydrogen) atoms. The zero-order chi connectivity index (χ0) is 13.6. The Morgan fingerprint density at radius 3 is 2.68 bits per heavy atom. The van der Waals surface area contributed by atoms with Gasteiger partial charge in [-0.05, 0) is 18.8 Å². The summed E-state index contributed by atoms with van der Waals surface area (Å²) in [6.07, 6.45) is 5.59. The van der Waals surface area contributed by atoms with Crippen LogP contribution >= 0.6 is 23.2 Å². The predicted octanol–water partition coefficient (Wildman–Crippen LogP) is 3.39. The zero-order valence-corrected chi connectivity index (χ0v) is 11.4. The van der Waals surface area contributed by atoms with Gasteiger partial charge in [0.25, 0.3) is 0 Å². The van der Waals surface area contributed by atoms with Crippen LogP contribution in [-0.2, 0) is 0 Å². The molecule has 0 amide bonds. The molecule has 2 aromatic rings. The molecule has 2 aromatic heterocycles. The lowest BCUT2D eigenvalue weighted by molar-refractivity contribution is 0.0699. The normalized spacial score (nSPS) is 16.3. The molecule has 7 heteroatoms. The Kier molecular flexibility index (Phi) is 3.11. The van der Waals surface area contributed by atoms with E-state index in [0.717, 1.165) is 31.2 Å². The molecule has 0 aliphatic heterocycles. The SMILES string of the molecule is O=C(O)c1cnn2c(Cl)c(C3CCCC3)c(Cl)nc12. The molecule has 1 aliphatic carbocycles. The van der Waals surface area contributed by atoms with Crippen molar-refractivity contribution in [1.29, 1.82) is 0 Å². The Labute approximate surface area is 119 Å². The molecule has 1 saturated carbocycles. The van der Waals surface area contributed by atoms with Crippen molar-refractivity contribution in [3.63, 3.8) is 0 Å². The zero-order valence-electron chi connectivity index (χ0n) is 9.94. The first kappa shape index (κ1) is 12.7. The molecule has 1 N–H and O–H groups in total. The third-order valence-corrected chi connectivity index (χ3v) is 4.22. The Morgan fingerprint density at radius 1 is 1.37 bits per heavy atom. The summed E-state index contributed by atoms with van der Waals surface area (Å²) in [7, 11) is 0. The molecular formula is C12H11Cl2N3O2. The fourth-order valence-corrected chi connectivity index (χ4v) is 3.39. The number of aromatic nitrogens is 3. The van der Waals surface area contributed by atoms with Gasteiger partial charge in [0, 0.05) is 5.56 Å². The summed E-state index contributed by atoms with van der Waals surface area (Å²) in [5.74, 6) is -0.808. The van der Waals surface area contributed by atoms with E-state index >= 15 is 0 Å². The maximum atomic E-state index is 11.1. The number of carboxylic acids is 1. The topological polar surface area (TPSA) is 67.5 Å². The summed E-state index contributed by atoms with van der Waals surface area (Å²) in [4.78, 5) is 15.2. The van der Waals surface area contributed by atoms with Crippen LogP contribution < -0.4 is 0 Å². The van der Waals surface area contributed by atoms with E-state index in [4.69, 9.17) is 28.3 Å². The smallest absolute Gasteiger partial charge is 0.341 e. The van der Waals surface area contributed by atoms with E-state index in [0.29, 0.717) is 5.15 Å². The minimum Gasteiger partial charge on any atom is -0.477 e. The summed E-state index contributed by atoms with van der Waals surface area (Å²) in [5, 5.41) is 13.7. The van der Waals surface area contributed by atoms with Gasteiger partial charge in [-0.3, -0.25) is 0 Å². The van der Waals surface area contributed by atoms with E-state index in [1.165, 1.54) is 10.7 Å². The Morgan fingerprint density at radius 2 is 2.05 bits per heavy atom. The molecular weight excluding hydrogens is 289 g/mol. The molecule has 0 atom stereocenters. The average Bonchev–Trinajstić information content (AvgIpc) is 2.97. The lowest BCUT2D eigenvalue weighted by Gasteiger charge is -2.13. The van der Waals surface area contributed by atoms with Crippen LogP contribution in [0.1, 0.15) is 47.5 Å². The summed E-state index contributed by atoms with van der Waals surface area (Å²) >= 11 is 12.5. The standard InChI is InChI=1S/C12H11Cl2N3O2/c13-9-8(6-3-1-2-4-6)10(14)17-11(16-9)7(5-15-17)12(18)19/h5-6H,1-4H2,(H,18,19). The predicted molar refractivity (Wildman–Crippen MR) is 71.2 cm³/mol. The molecule has 0 aromatic carbocycles. The third kappa shape index (κ3) is 1.97. The van der Waals surface area contributed by atoms with E-state index in [1.807, 2.05) is 0 Å². The molecule has 0 radical (unpaired) electrons. The second-order valence-corrected chi connectivity index (χ2v) is 5.40. The highest BCUT2D eigenvalue weighted by molar-refractivity contribution is 6.35. The largest absolute Gasteiger partial charge is 0.477 e. The number of carboxylic acid groups (broad SMARTS) is 1. The van der Waals surface area contributed by atoms with Gasteiger partial charge in [0.1, 0.15) is 15.9 Å². The quantitative estimate of drug-likeness (QED) is 0.863. The van der Waals surface area contributed by atoms with E-state index in [-0.39, 0.29) is 22.3 Å². The van der Waals surface area contributed by atoms with E-state index in [1.54, 1.807) is 0 Å². The van der Waals surface area contributed by atoms with Gasteiger partial charge in [0.05, 0.1) is 6.20 Å². The van der Waals surface area contributed by atoms with Gasteiger partial charge in [-0.2, -0.15) is 5.10 Å². The minimum absolute atomic E-state index is 0.00164. The fourth-order valence-electron chi connectivity index (χ4n) is 2.65. The highest BCUT2D eigenvalue weighted by atomic mass is 35.5. The van der Waals surface area contributed by atoms with Crippen LogP contribution in [0.2, 0.25) is 10.3 Å². The molecule has 0 saturated heterocycles.